The molecule has 2 aromatic rings. The fourth-order valence-corrected chi connectivity index (χ4v) is 4.28. The molecule has 2 saturated heterocycles. The van der Waals surface area contributed by atoms with Gasteiger partial charge in [-0.2, -0.15) is 0 Å². The van der Waals surface area contributed by atoms with Crippen LogP contribution >= 0.6 is 24.0 Å². The third kappa shape index (κ3) is 6.12. The van der Waals surface area contributed by atoms with E-state index in [1.807, 2.05) is 18.0 Å². The van der Waals surface area contributed by atoms with E-state index in [9.17, 15) is 4.79 Å². The molecule has 2 aliphatic rings. The first kappa shape index (κ1) is 23.4. The van der Waals surface area contributed by atoms with Crippen molar-refractivity contribution in [2.45, 2.75) is 38.4 Å². The summed E-state index contributed by atoms with van der Waals surface area (Å²) in [7, 11) is 1.81. The lowest BCUT2D eigenvalue weighted by Crippen LogP contribution is -2.44. The van der Waals surface area contributed by atoms with Crippen molar-refractivity contribution in [2.24, 2.45) is 4.99 Å². The highest BCUT2D eigenvalue weighted by atomic mass is 127. The number of anilines is 1. The van der Waals surface area contributed by atoms with Gasteiger partial charge in [0.1, 0.15) is 0 Å². The first-order chi connectivity index (χ1) is 14.7. The van der Waals surface area contributed by atoms with E-state index in [1.165, 1.54) is 16.8 Å². The van der Waals surface area contributed by atoms with Crippen LogP contribution in [0.5, 0.6) is 0 Å². The summed E-state index contributed by atoms with van der Waals surface area (Å²) in [6, 6.07) is 19.3. The molecule has 2 fully saturated rings. The Morgan fingerprint density at radius 2 is 1.81 bits per heavy atom. The van der Waals surface area contributed by atoms with E-state index in [0.29, 0.717) is 25.6 Å². The molecule has 0 spiro atoms. The van der Waals surface area contributed by atoms with Crippen LogP contribution in [0.4, 0.5) is 5.69 Å². The Morgan fingerprint density at radius 1 is 1.06 bits per heavy atom. The molecule has 31 heavy (non-hydrogen) atoms. The Kier molecular flexibility index (Phi) is 8.57. The van der Waals surface area contributed by atoms with E-state index in [4.69, 9.17) is 0 Å². The maximum Gasteiger partial charge on any atom is 0.222 e. The van der Waals surface area contributed by atoms with Gasteiger partial charge in [0, 0.05) is 57.9 Å². The second-order valence-corrected chi connectivity index (χ2v) is 8.02. The second-order valence-electron chi connectivity index (χ2n) is 8.02. The highest BCUT2D eigenvalue weighted by molar-refractivity contribution is 14.0. The highest BCUT2D eigenvalue weighted by Gasteiger charge is 2.24. The van der Waals surface area contributed by atoms with Gasteiger partial charge in [-0.15, -0.1) is 24.0 Å². The van der Waals surface area contributed by atoms with Crippen molar-refractivity contribution < 1.29 is 4.79 Å². The number of hydrogen-bond donors (Lipinski definition) is 2. The number of likely N-dealkylation sites (tertiary alicyclic amines) is 1. The largest absolute Gasteiger partial charge is 0.369 e. The van der Waals surface area contributed by atoms with Crippen LogP contribution in [0.2, 0.25) is 0 Å². The number of benzene rings is 2. The zero-order chi connectivity index (χ0) is 20.8. The van der Waals surface area contributed by atoms with Crippen molar-refractivity contribution in [3.8, 4) is 0 Å². The Morgan fingerprint density at radius 3 is 2.52 bits per heavy atom. The van der Waals surface area contributed by atoms with Gasteiger partial charge in [-0.05, 0) is 36.1 Å². The van der Waals surface area contributed by atoms with Gasteiger partial charge in [0.25, 0.3) is 0 Å². The van der Waals surface area contributed by atoms with Gasteiger partial charge in [-0.3, -0.25) is 9.79 Å². The average Bonchev–Trinajstić information content (AvgIpc) is 3.42. The summed E-state index contributed by atoms with van der Waals surface area (Å²) >= 11 is 0. The van der Waals surface area contributed by atoms with Crippen LogP contribution in [-0.2, 0) is 17.9 Å². The Hall–Kier alpha value is -2.29. The summed E-state index contributed by atoms with van der Waals surface area (Å²) in [6.07, 6.45) is 2.73. The van der Waals surface area contributed by atoms with Crippen molar-refractivity contribution in [3.05, 3.63) is 65.7 Å². The quantitative estimate of drug-likeness (QED) is 0.340. The summed E-state index contributed by atoms with van der Waals surface area (Å²) in [4.78, 5) is 20.8. The van der Waals surface area contributed by atoms with Gasteiger partial charge in [0.2, 0.25) is 5.91 Å². The molecule has 0 aromatic heterocycles. The number of aliphatic imine (C=N–C) groups is 1. The number of guanidine groups is 1. The summed E-state index contributed by atoms with van der Waals surface area (Å²) in [5.74, 6) is 1.08. The first-order valence-corrected chi connectivity index (χ1v) is 10.8. The topological polar surface area (TPSA) is 60.0 Å². The molecule has 0 saturated carbocycles. The fraction of sp³-hybridized carbons (Fsp3) is 0.417. The highest BCUT2D eigenvalue weighted by Crippen LogP contribution is 2.20. The van der Waals surface area contributed by atoms with Crippen LogP contribution in [0.3, 0.4) is 0 Å². The van der Waals surface area contributed by atoms with Crippen LogP contribution in [0.15, 0.2) is 59.6 Å². The molecule has 166 valence electrons. The standard InChI is InChI=1S/C24H31N5O.HI/c1-25-24(27-21-13-15-28(18-21)22-10-3-2-4-11-22)26-16-19-8-5-6-9-20(19)17-29-14-7-12-23(29)30;/h2-6,8-11,21H,7,12-18H2,1H3,(H2,25,26,27);1H. The fourth-order valence-electron chi connectivity index (χ4n) is 4.28. The minimum Gasteiger partial charge on any atom is -0.369 e. The Bertz CT molecular complexity index is 889. The van der Waals surface area contributed by atoms with E-state index >= 15 is 0 Å². The molecule has 1 amide bonds. The SMILES string of the molecule is CN=C(NCc1ccccc1CN1CCCC1=O)NC1CCN(c2ccccc2)C1.I. The molecule has 7 heteroatoms. The molecular weight excluding hydrogens is 501 g/mol. The molecule has 1 atom stereocenters. The van der Waals surface area contributed by atoms with Gasteiger partial charge in [-0.1, -0.05) is 42.5 Å². The molecule has 1 unspecified atom stereocenters. The zero-order valence-corrected chi connectivity index (χ0v) is 20.4. The molecule has 0 radical (unpaired) electrons. The lowest BCUT2D eigenvalue weighted by Gasteiger charge is -2.21. The molecular formula is C24H32IN5O. The van der Waals surface area contributed by atoms with Crippen LogP contribution in [0, 0.1) is 0 Å². The Labute approximate surface area is 202 Å². The molecule has 2 aromatic carbocycles. The molecule has 4 rings (SSSR count). The first-order valence-electron chi connectivity index (χ1n) is 10.8. The summed E-state index contributed by atoms with van der Waals surface area (Å²) in [5.41, 5.74) is 3.68. The van der Waals surface area contributed by atoms with Crippen molar-refractivity contribution in [1.29, 1.82) is 0 Å². The average molecular weight is 533 g/mol. The van der Waals surface area contributed by atoms with Crippen molar-refractivity contribution in [2.75, 3.05) is 31.6 Å². The molecule has 2 N–H and O–H groups in total. The van der Waals surface area contributed by atoms with Gasteiger partial charge in [0.05, 0.1) is 0 Å². The normalized spacial score (nSPS) is 18.8. The zero-order valence-electron chi connectivity index (χ0n) is 18.1. The van der Waals surface area contributed by atoms with Crippen LogP contribution in [-0.4, -0.2) is 49.5 Å². The molecule has 6 nitrogen and oxygen atoms in total. The molecule has 2 heterocycles. The molecule has 0 bridgehead atoms. The van der Waals surface area contributed by atoms with Crippen molar-refractivity contribution >= 4 is 41.5 Å². The van der Waals surface area contributed by atoms with Gasteiger partial charge >= 0.3 is 0 Å². The lowest BCUT2D eigenvalue weighted by molar-refractivity contribution is -0.128. The minimum absolute atomic E-state index is 0. The summed E-state index contributed by atoms with van der Waals surface area (Å²) in [5, 5.41) is 7.03. The second kappa shape index (κ2) is 11.4. The van der Waals surface area contributed by atoms with Crippen molar-refractivity contribution in [3.63, 3.8) is 0 Å². The summed E-state index contributed by atoms with van der Waals surface area (Å²) < 4.78 is 0. The van der Waals surface area contributed by atoms with Gasteiger partial charge in [-0.25, -0.2) is 0 Å². The predicted molar refractivity (Wildman–Crippen MR) is 137 cm³/mol. The van der Waals surface area contributed by atoms with Crippen LogP contribution in [0.25, 0.3) is 0 Å². The monoisotopic (exact) mass is 533 g/mol. The number of hydrogen-bond acceptors (Lipinski definition) is 3. The van der Waals surface area contributed by atoms with E-state index in [0.717, 1.165) is 38.4 Å². The van der Waals surface area contributed by atoms with E-state index in [2.05, 4.69) is 69.1 Å². The Balaban J connectivity index is 0.00000272. The minimum atomic E-state index is 0. The number of para-hydroxylation sites is 1. The number of halogens is 1. The van der Waals surface area contributed by atoms with E-state index < -0.39 is 0 Å². The third-order valence-electron chi connectivity index (χ3n) is 5.97. The predicted octanol–water partition coefficient (Wildman–Crippen LogP) is 3.37. The number of carbonyl (C=O) groups excluding carboxylic acids is 1. The van der Waals surface area contributed by atoms with E-state index in [-0.39, 0.29) is 29.9 Å². The maximum absolute atomic E-state index is 12.0. The number of rotatable bonds is 6. The van der Waals surface area contributed by atoms with Crippen molar-refractivity contribution in [1.82, 2.24) is 15.5 Å². The van der Waals surface area contributed by atoms with E-state index in [1.54, 1.807) is 0 Å². The maximum atomic E-state index is 12.0. The van der Waals surface area contributed by atoms with Crippen LogP contribution < -0.4 is 15.5 Å². The lowest BCUT2D eigenvalue weighted by atomic mass is 10.1. The molecule has 0 aliphatic carbocycles. The van der Waals surface area contributed by atoms with Gasteiger partial charge < -0.3 is 20.4 Å². The number of nitrogens with zero attached hydrogens (tertiary/aromatic N) is 3. The summed E-state index contributed by atoms with van der Waals surface area (Å²) in [6.45, 7) is 4.26. The number of carbonyl (C=O) groups is 1. The van der Waals surface area contributed by atoms with Gasteiger partial charge in [0.15, 0.2) is 5.96 Å². The van der Waals surface area contributed by atoms with Crippen LogP contribution in [0.1, 0.15) is 30.4 Å². The number of nitrogens with one attached hydrogen (secondary N) is 2. The third-order valence-corrected chi connectivity index (χ3v) is 5.97. The molecule has 2 aliphatic heterocycles. The smallest absolute Gasteiger partial charge is 0.222 e. The number of amides is 1.